The molecule has 0 bridgehead atoms. The van der Waals surface area contributed by atoms with Crippen molar-refractivity contribution < 1.29 is 14.7 Å². The predicted molar refractivity (Wildman–Crippen MR) is 74.8 cm³/mol. The summed E-state index contributed by atoms with van der Waals surface area (Å²) in [4.78, 5) is 22.7. The summed E-state index contributed by atoms with van der Waals surface area (Å²) in [5, 5.41) is 11.9. The molecule has 0 saturated heterocycles. The lowest BCUT2D eigenvalue weighted by Gasteiger charge is -2.30. The molecule has 1 fully saturated rings. The van der Waals surface area contributed by atoms with Gasteiger partial charge < -0.3 is 10.4 Å². The monoisotopic (exact) mass is 269 g/mol. The molecule has 1 saturated carbocycles. The largest absolute Gasteiger partial charge is 0.481 e. The third-order valence-electron chi connectivity index (χ3n) is 4.06. The molecule has 110 valence electrons. The van der Waals surface area contributed by atoms with Crippen molar-refractivity contribution in [3.05, 3.63) is 0 Å². The molecule has 1 aliphatic carbocycles. The van der Waals surface area contributed by atoms with Crippen molar-refractivity contribution in [2.75, 3.05) is 0 Å². The number of amides is 1. The first-order valence-electron chi connectivity index (χ1n) is 7.33. The third-order valence-corrected chi connectivity index (χ3v) is 4.06. The lowest BCUT2D eigenvalue weighted by Crippen LogP contribution is -2.39. The molecule has 0 unspecified atom stereocenters. The zero-order chi connectivity index (χ0) is 14.5. The van der Waals surface area contributed by atoms with Crippen LogP contribution in [0, 0.1) is 11.3 Å². The maximum absolute atomic E-state index is 12.0. The second-order valence-electron chi connectivity index (χ2n) is 6.60. The van der Waals surface area contributed by atoms with Gasteiger partial charge in [-0.05, 0) is 37.0 Å². The van der Waals surface area contributed by atoms with Gasteiger partial charge in [0.1, 0.15) is 0 Å². The first-order chi connectivity index (χ1) is 8.82. The Morgan fingerprint density at radius 3 is 2.21 bits per heavy atom. The fraction of sp³-hybridized carbons (Fsp3) is 0.867. The quantitative estimate of drug-likeness (QED) is 0.779. The maximum Gasteiger partial charge on any atom is 0.303 e. The predicted octanol–water partition coefficient (Wildman–Crippen LogP) is 2.96. The minimum absolute atomic E-state index is 0.00815. The molecule has 0 aromatic heterocycles. The Kier molecular flexibility index (Phi) is 5.83. The van der Waals surface area contributed by atoms with Crippen LogP contribution in [0.15, 0.2) is 0 Å². The first-order valence-corrected chi connectivity index (χ1v) is 7.33. The average Bonchev–Trinajstić information content (AvgIpc) is 2.27. The van der Waals surface area contributed by atoms with E-state index in [0.29, 0.717) is 0 Å². The highest BCUT2D eigenvalue weighted by molar-refractivity contribution is 5.78. The van der Waals surface area contributed by atoms with Gasteiger partial charge in [0.05, 0.1) is 6.42 Å². The zero-order valence-corrected chi connectivity index (χ0v) is 12.4. The van der Waals surface area contributed by atoms with Crippen LogP contribution in [0.1, 0.15) is 65.7 Å². The molecule has 0 heterocycles. The van der Waals surface area contributed by atoms with Crippen molar-refractivity contribution in [1.29, 1.82) is 0 Å². The molecule has 4 nitrogen and oxygen atoms in total. The number of rotatable bonds is 6. The van der Waals surface area contributed by atoms with Crippen LogP contribution in [-0.2, 0) is 9.59 Å². The topological polar surface area (TPSA) is 66.4 Å². The molecule has 1 aliphatic rings. The normalized spacial score (nSPS) is 23.9. The van der Waals surface area contributed by atoms with E-state index in [4.69, 9.17) is 5.11 Å². The number of carboxylic acids is 1. The summed E-state index contributed by atoms with van der Waals surface area (Å²) >= 11 is 0. The molecule has 0 radical (unpaired) electrons. The molecule has 0 aliphatic heterocycles. The highest BCUT2D eigenvalue weighted by Crippen LogP contribution is 2.28. The van der Waals surface area contributed by atoms with Crippen LogP contribution in [0.2, 0.25) is 0 Å². The number of nitrogens with one attached hydrogen (secondary N) is 1. The molecular weight excluding hydrogens is 242 g/mol. The summed E-state index contributed by atoms with van der Waals surface area (Å²) in [7, 11) is 0. The van der Waals surface area contributed by atoms with Gasteiger partial charge in [0.15, 0.2) is 0 Å². The SMILES string of the molecule is CCC1CCC(NC(=O)CC(C)(C)CC(=O)O)CC1. The number of carbonyl (C=O) groups is 2. The van der Waals surface area contributed by atoms with Crippen molar-refractivity contribution in [3.63, 3.8) is 0 Å². The standard InChI is InChI=1S/C15H27NO3/c1-4-11-5-7-12(8-6-11)16-13(17)9-15(2,3)10-14(18)19/h11-12H,4-10H2,1-3H3,(H,16,17)(H,18,19). The molecule has 19 heavy (non-hydrogen) atoms. The Hall–Kier alpha value is -1.06. The number of aliphatic carboxylic acids is 1. The minimum atomic E-state index is -0.846. The average molecular weight is 269 g/mol. The van der Waals surface area contributed by atoms with Crippen molar-refractivity contribution in [2.24, 2.45) is 11.3 Å². The second-order valence-corrected chi connectivity index (χ2v) is 6.60. The van der Waals surface area contributed by atoms with Gasteiger partial charge in [-0.1, -0.05) is 27.2 Å². The van der Waals surface area contributed by atoms with Crippen molar-refractivity contribution >= 4 is 11.9 Å². The van der Waals surface area contributed by atoms with E-state index in [1.807, 2.05) is 13.8 Å². The third kappa shape index (κ3) is 6.08. The summed E-state index contributed by atoms with van der Waals surface area (Å²) in [5.74, 6) is -0.0379. The van der Waals surface area contributed by atoms with Gasteiger partial charge in [0.25, 0.3) is 0 Å². The lowest BCUT2D eigenvalue weighted by molar-refractivity contribution is -0.139. The maximum atomic E-state index is 12.0. The smallest absolute Gasteiger partial charge is 0.303 e. The first kappa shape index (κ1) is 16.0. The van der Waals surface area contributed by atoms with E-state index in [1.165, 1.54) is 19.3 Å². The summed E-state index contributed by atoms with van der Waals surface area (Å²) in [6.07, 6.45) is 6.05. The van der Waals surface area contributed by atoms with E-state index >= 15 is 0 Å². The molecule has 0 aromatic carbocycles. The molecule has 0 aromatic rings. The van der Waals surface area contributed by atoms with E-state index in [-0.39, 0.29) is 24.8 Å². The summed E-state index contributed by atoms with van der Waals surface area (Å²) in [6.45, 7) is 5.88. The lowest BCUT2D eigenvalue weighted by atomic mass is 9.83. The van der Waals surface area contributed by atoms with Crippen LogP contribution in [-0.4, -0.2) is 23.0 Å². The summed E-state index contributed by atoms with van der Waals surface area (Å²) < 4.78 is 0. The Morgan fingerprint density at radius 1 is 1.16 bits per heavy atom. The minimum Gasteiger partial charge on any atom is -0.481 e. The van der Waals surface area contributed by atoms with Crippen molar-refractivity contribution in [2.45, 2.75) is 71.8 Å². The Balaban J connectivity index is 2.33. The Morgan fingerprint density at radius 2 is 1.74 bits per heavy atom. The molecular formula is C15H27NO3. The fourth-order valence-electron chi connectivity index (χ4n) is 2.90. The van der Waals surface area contributed by atoms with E-state index in [0.717, 1.165) is 18.8 Å². The van der Waals surface area contributed by atoms with Gasteiger partial charge in [-0.15, -0.1) is 0 Å². The van der Waals surface area contributed by atoms with Crippen LogP contribution in [0.5, 0.6) is 0 Å². The van der Waals surface area contributed by atoms with Crippen LogP contribution in [0.4, 0.5) is 0 Å². The second kappa shape index (κ2) is 6.92. The molecule has 1 rings (SSSR count). The van der Waals surface area contributed by atoms with Crippen LogP contribution >= 0.6 is 0 Å². The summed E-state index contributed by atoms with van der Waals surface area (Å²) in [6, 6.07) is 0.288. The van der Waals surface area contributed by atoms with Gasteiger partial charge in [0, 0.05) is 12.5 Å². The highest BCUT2D eigenvalue weighted by atomic mass is 16.4. The molecule has 0 spiro atoms. The van der Waals surface area contributed by atoms with E-state index in [2.05, 4.69) is 12.2 Å². The van der Waals surface area contributed by atoms with E-state index in [1.54, 1.807) is 0 Å². The van der Waals surface area contributed by atoms with E-state index in [9.17, 15) is 9.59 Å². The number of hydrogen-bond donors (Lipinski definition) is 2. The summed E-state index contributed by atoms with van der Waals surface area (Å²) in [5.41, 5.74) is -0.476. The van der Waals surface area contributed by atoms with Gasteiger partial charge in [0.2, 0.25) is 5.91 Å². The van der Waals surface area contributed by atoms with Crippen molar-refractivity contribution in [1.82, 2.24) is 5.32 Å². The number of carbonyl (C=O) groups excluding carboxylic acids is 1. The van der Waals surface area contributed by atoms with E-state index < -0.39 is 11.4 Å². The number of hydrogen-bond acceptors (Lipinski definition) is 2. The Labute approximate surface area is 116 Å². The number of carboxylic acid groups (broad SMARTS) is 1. The molecule has 2 N–H and O–H groups in total. The van der Waals surface area contributed by atoms with Gasteiger partial charge in [-0.25, -0.2) is 0 Å². The van der Waals surface area contributed by atoms with Gasteiger partial charge in [-0.3, -0.25) is 9.59 Å². The van der Waals surface area contributed by atoms with Crippen LogP contribution in [0.3, 0.4) is 0 Å². The highest BCUT2D eigenvalue weighted by Gasteiger charge is 2.27. The molecule has 1 amide bonds. The van der Waals surface area contributed by atoms with Crippen LogP contribution in [0.25, 0.3) is 0 Å². The van der Waals surface area contributed by atoms with Crippen molar-refractivity contribution in [3.8, 4) is 0 Å². The van der Waals surface area contributed by atoms with Gasteiger partial charge in [-0.2, -0.15) is 0 Å². The fourth-order valence-corrected chi connectivity index (χ4v) is 2.90. The molecule has 0 atom stereocenters. The zero-order valence-electron chi connectivity index (χ0n) is 12.4. The Bertz CT molecular complexity index is 317. The van der Waals surface area contributed by atoms with Gasteiger partial charge >= 0.3 is 5.97 Å². The molecule has 4 heteroatoms. The van der Waals surface area contributed by atoms with Crippen LogP contribution < -0.4 is 5.32 Å².